The molecule has 7 nitrogen and oxygen atoms in total. The lowest BCUT2D eigenvalue weighted by molar-refractivity contribution is 0.0531. The van der Waals surface area contributed by atoms with Crippen molar-refractivity contribution >= 4 is 34.2 Å². The van der Waals surface area contributed by atoms with E-state index in [2.05, 4.69) is 21.4 Å². The lowest BCUT2D eigenvalue weighted by Crippen LogP contribution is -2.07. The number of carbonyl (C=O) groups is 1. The Morgan fingerprint density at radius 1 is 1.45 bits per heavy atom. The number of carbonyl (C=O) groups excluding carboxylic acids is 1. The number of nitrogens with one attached hydrogen (secondary N) is 1. The van der Waals surface area contributed by atoms with E-state index in [-0.39, 0.29) is 29.0 Å². The van der Waals surface area contributed by atoms with Crippen LogP contribution in [0.1, 0.15) is 64.3 Å². The molecule has 2 heterocycles. The molecule has 0 amide bonds. The van der Waals surface area contributed by atoms with Gasteiger partial charge in [0.1, 0.15) is 21.7 Å². The molecule has 11 heteroatoms. The normalized spacial score (nSPS) is 13.3. The van der Waals surface area contributed by atoms with Crippen molar-refractivity contribution in [3.63, 3.8) is 0 Å². The monoisotopic (exact) mass is 468 g/mol. The van der Waals surface area contributed by atoms with E-state index >= 15 is 0 Å². The van der Waals surface area contributed by atoms with E-state index in [1.807, 2.05) is 0 Å². The van der Waals surface area contributed by atoms with Gasteiger partial charge in [-0.1, -0.05) is 23.1 Å². The number of nitriles is 1. The van der Waals surface area contributed by atoms with Crippen LogP contribution in [0.5, 0.6) is 0 Å². The predicted octanol–water partition coefficient (Wildman–Crippen LogP) is 4.75. The van der Waals surface area contributed by atoms with Gasteiger partial charge in [0.15, 0.2) is 5.13 Å². The second-order valence-corrected chi connectivity index (χ2v) is 8.69. The second-order valence-electron chi connectivity index (χ2n) is 6.73. The Morgan fingerprint density at radius 3 is 2.84 bits per heavy atom. The van der Waals surface area contributed by atoms with Crippen molar-refractivity contribution in [1.82, 2.24) is 9.97 Å². The average molecular weight is 469 g/mol. The Hall–Kier alpha value is -2.29. The Labute approximate surface area is 187 Å². The molecule has 1 N–H and O–H groups in total. The fraction of sp³-hybridized carbons (Fsp3) is 0.500. The molecule has 3 rings (SSSR count). The highest BCUT2D eigenvalue weighted by Crippen LogP contribution is 2.44. The van der Waals surface area contributed by atoms with E-state index in [0.717, 1.165) is 35.9 Å². The number of aromatic nitrogens is 2. The molecule has 31 heavy (non-hydrogen) atoms. The van der Waals surface area contributed by atoms with Gasteiger partial charge >= 0.3 is 5.97 Å². The zero-order chi connectivity index (χ0) is 22.4. The molecule has 1 fully saturated rings. The summed E-state index contributed by atoms with van der Waals surface area (Å²) in [5.41, 5.74) is 1.06. The van der Waals surface area contributed by atoms with Gasteiger partial charge in [-0.2, -0.15) is 5.26 Å². The first kappa shape index (κ1) is 23.4. The van der Waals surface area contributed by atoms with Crippen molar-refractivity contribution in [3.05, 3.63) is 33.5 Å². The van der Waals surface area contributed by atoms with Crippen LogP contribution in [-0.2, 0) is 15.2 Å². The van der Waals surface area contributed by atoms with Crippen molar-refractivity contribution in [2.45, 2.75) is 42.9 Å². The Bertz CT molecular complexity index is 974. The minimum Gasteiger partial charge on any atom is -0.462 e. The van der Waals surface area contributed by atoms with Crippen molar-refractivity contribution in [1.29, 1.82) is 5.26 Å². The van der Waals surface area contributed by atoms with Crippen molar-refractivity contribution in [3.8, 4) is 6.07 Å². The Balaban J connectivity index is 1.87. The number of thioether (sulfide) groups is 1. The van der Waals surface area contributed by atoms with E-state index in [0.29, 0.717) is 40.0 Å². The number of anilines is 1. The Morgan fingerprint density at radius 2 is 2.23 bits per heavy atom. The van der Waals surface area contributed by atoms with Crippen molar-refractivity contribution < 1.29 is 23.0 Å². The van der Waals surface area contributed by atoms with E-state index in [4.69, 9.17) is 9.47 Å². The minimum atomic E-state index is -2.73. The van der Waals surface area contributed by atoms with E-state index in [9.17, 15) is 18.8 Å². The average Bonchev–Trinajstić information content (AvgIpc) is 3.52. The fourth-order valence-electron chi connectivity index (χ4n) is 2.88. The van der Waals surface area contributed by atoms with Crippen LogP contribution < -0.4 is 5.32 Å². The van der Waals surface area contributed by atoms with Crippen LogP contribution in [0.25, 0.3) is 0 Å². The molecule has 2 aromatic heterocycles. The van der Waals surface area contributed by atoms with E-state index in [1.165, 1.54) is 6.07 Å². The number of thiazole rings is 1. The van der Waals surface area contributed by atoms with E-state index in [1.54, 1.807) is 14.0 Å². The van der Waals surface area contributed by atoms with Crippen LogP contribution in [-0.4, -0.2) is 42.8 Å². The van der Waals surface area contributed by atoms with Gasteiger partial charge in [0, 0.05) is 19.4 Å². The highest BCUT2D eigenvalue weighted by molar-refractivity contribution is 7.98. The first-order valence-corrected chi connectivity index (χ1v) is 11.5. The van der Waals surface area contributed by atoms with Gasteiger partial charge in [-0.05, 0) is 37.3 Å². The lowest BCUT2D eigenvalue weighted by Gasteiger charge is -2.11. The zero-order valence-electron chi connectivity index (χ0n) is 17.1. The summed E-state index contributed by atoms with van der Waals surface area (Å²) in [6.45, 7) is 2.92. The highest BCUT2D eigenvalue weighted by atomic mass is 32.2. The van der Waals surface area contributed by atoms with Crippen LogP contribution in [0, 0.1) is 11.3 Å². The molecule has 0 atom stereocenters. The lowest BCUT2D eigenvalue weighted by atomic mass is 10.1. The van der Waals surface area contributed by atoms with Crippen LogP contribution >= 0.6 is 23.1 Å². The molecular weight excluding hydrogens is 446 g/mol. The van der Waals surface area contributed by atoms with Gasteiger partial charge in [0.2, 0.25) is 0 Å². The smallest absolute Gasteiger partial charge is 0.350 e. The number of methoxy groups -OCH3 is 1. The standard InChI is InChI=1S/C20H22F2N4O3S2/c1-3-29-19(27)16-15(26-20(31-16)24-6-7-28-2)10-30-18-13(9-23)12(11-4-5-11)8-14(25-18)17(21)22/h8,11,17H,3-7,10H2,1-2H3,(H,24,26). The second kappa shape index (κ2) is 10.8. The van der Waals surface area contributed by atoms with Gasteiger partial charge in [0.05, 0.1) is 24.5 Å². The molecule has 1 saturated carbocycles. The summed E-state index contributed by atoms with van der Waals surface area (Å²) in [6.07, 6.45) is -0.974. The molecule has 0 spiro atoms. The molecule has 0 saturated heterocycles. The third kappa shape index (κ3) is 5.90. The third-order valence-corrected chi connectivity index (χ3v) is 6.50. The molecule has 0 bridgehead atoms. The summed E-state index contributed by atoms with van der Waals surface area (Å²) in [4.78, 5) is 21.2. The predicted molar refractivity (Wildman–Crippen MR) is 114 cm³/mol. The quantitative estimate of drug-likeness (QED) is 0.287. The summed E-state index contributed by atoms with van der Waals surface area (Å²) in [6, 6.07) is 3.46. The van der Waals surface area contributed by atoms with Crippen molar-refractivity contribution in [2.75, 3.05) is 32.2 Å². The number of nitrogens with zero attached hydrogens (tertiary/aromatic N) is 3. The number of halogens is 2. The molecule has 166 valence electrons. The maximum Gasteiger partial charge on any atom is 0.350 e. The molecule has 0 aromatic carbocycles. The number of rotatable bonds is 11. The summed E-state index contributed by atoms with van der Waals surface area (Å²) in [5.74, 6) is -0.181. The van der Waals surface area contributed by atoms with Gasteiger partial charge < -0.3 is 14.8 Å². The minimum absolute atomic E-state index is 0.125. The summed E-state index contributed by atoms with van der Waals surface area (Å²) < 4.78 is 36.9. The van der Waals surface area contributed by atoms with Crippen LogP contribution in [0.2, 0.25) is 0 Å². The van der Waals surface area contributed by atoms with Crippen LogP contribution in [0.15, 0.2) is 11.1 Å². The molecular formula is C20H22F2N4O3S2. The number of hydrogen-bond acceptors (Lipinski definition) is 9. The first-order chi connectivity index (χ1) is 15.0. The number of hydrogen-bond donors (Lipinski definition) is 1. The number of esters is 1. The first-order valence-electron chi connectivity index (χ1n) is 9.73. The maximum atomic E-state index is 13.4. The molecule has 0 radical (unpaired) electrons. The van der Waals surface area contributed by atoms with Crippen LogP contribution in [0.4, 0.5) is 13.9 Å². The number of ether oxygens (including phenoxy) is 2. The van der Waals surface area contributed by atoms with Gasteiger partial charge in [-0.15, -0.1) is 0 Å². The van der Waals surface area contributed by atoms with E-state index < -0.39 is 12.4 Å². The third-order valence-electron chi connectivity index (χ3n) is 4.48. The molecule has 2 aromatic rings. The van der Waals surface area contributed by atoms with Gasteiger partial charge in [-0.25, -0.2) is 23.5 Å². The van der Waals surface area contributed by atoms with Gasteiger partial charge in [0.25, 0.3) is 6.43 Å². The summed E-state index contributed by atoms with van der Waals surface area (Å²) in [5, 5.41) is 13.5. The zero-order valence-corrected chi connectivity index (χ0v) is 18.7. The number of pyridine rings is 1. The molecule has 0 aliphatic heterocycles. The molecule has 1 aliphatic rings. The fourth-order valence-corrected chi connectivity index (χ4v) is 4.84. The van der Waals surface area contributed by atoms with Gasteiger partial charge in [-0.3, -0.25) is 0 Å². The molecule has 0 unspecified atom stereocenters. The summed E-state index contributed by atoms with van der Waals surface area (Å²) in [7, 11) is 1.58. The largest absolute Gasteiger partial charge is 0.462 e. The molecule has 1 aliphatic carbocycles. The SMILES string of the molecule is CCOC(=O)c1sc(NCCOC)nc1CSc1nc(C(F)F)cc(C2CC2)c1C#N. The van der Waals surface area contributed by atoms with Crippen LogP contribution in [0.3, 0.4) is 0 Å². The Kier molecular flexibility index (Phi) is 8.17. The summed E-state index contributed by atoms with van der Waals surface area (Å²) >= 11 is 2.28. The topological polar surface area (TPSA) is 97.1 Å². The van der Waals surface area contributed by atoms with Crippen molar-refractivity contribution in [2.24, 2.45) is 0 Å². The maximum absolute atomic E-state index is 13.4. The number of alkyl halides is 2. The highest BCUT2D eigenvalue weighted by Gasteiger charge is 2.30.